The first-order valence-electron chi connectivity index (χ1n) is 12.7. The quantitative estimate of drug-likeness (QED) is 0.0900. The molecule has 0 amide bonds. The minimum absolute atomic E-state index is 0.122. The van der Waals surface area contributed by atoms with Crippen molar-refractivity contribution in [2.24, 2.45) is 0 Å². The van der Waals surface area contributed by atoms with Crippen molar-refractivity contribution in [2.75, 3.05) is 47.5 Å². The molecule has 0 aromatic carbocycles. The van der Waals surface area contributed by atoms with Crippen molar-refractivity contribution in [1.82, 2.24) is 0 Å². The molecule has 32 heavy (non-hydrogen) atoms. The van der Waals surface area contributed by atoms with Gasteiger partial charge in [-0.1, -0.05) is 84.0 Å². The molecule has 192 valence electrons. The normalized spacial score (nSPS) is 13.8. The number of carbonyl (C=O) groups is 1. The van der Waals surface area contributed by atoms with Crippen LogP contribution in [0.15, 0.2) is 0 Å². The highest BCUT2D eigenvalue weighted by atomic mass is 31.1. The Bertz CT molecular complexity index is 470. The second kappa shape index (κ2) is 21.1. The van der Waals surface area contributed by atoms with E-state index in [-0.39, 0.29) is 19.2 Å². The Labute approximate surface area is 197 Å². The third-order valence-corrected chi connectivity index (χ3v) is 6.20. The summed E-state index contributed by atoms with van der Waals surface area (Å²) in [4.78, 5) is 11.9. The Balaban J connectivity index is 3.61. The van der Waals surface area contributed by atoms with E-state index in [1.54, 1.807) is 0 Å². The summed E-state index contributed by atoms with van der Waals surface area (Å²) >= 11 is 0. The number of ether oxygens (including phenoxy) is 1. The van der Waals surface area contributed by atoms with Gasteiger partial charge >= 0.3 is 14.2 Å². The van der Waals surface area contributed by atoms with Gasteiger partial charge in [0.05, 0.1) is 34.4 Å². The van der Waals surface area contributed by atoms with Gasteiger partial charge in [-0.05, 0) is 6.42 Å². The number of esters is 1. The van der Waals surface area contributed by atoms with Crippen LogP contribution >= 0.6 is 8.25 Å². The van der Waals surface area contributed by atoms with Gasteiger partial charge in [-0.3, -0.25) is 9.36 Å². The van der Waals surface area contributed by atoms with Gasteiger partial charge in [0.1, 0.15) is 19.3 Å². The number of rotatable bonds is 23. The van der Waals surface area contributed by atoms with Crippen LogP contribution in [-0.4, -0.2) is 69.2 Å². The first-order valence-corrected chi connectivity index (χ1v) is 13.9. The predicted octanol–water partition coefficient (Wildman–Crippen LogP) is 5.50. The topological polar surface area (TPSA) is 82.1 Å². The minimum Gasteiger partial charge on any atom is -0.457 e. The maximum atomic E-state index is 11.9. The highest BCUT2D eigenvalue weighted by molar-refractivity contribution is 7.33. The average molecular weight is 481 g/mol. The van der Waals surface area contributed by atoms with Gasteiger partial charge in [-0.2, -0.15) is 0 Å². The minimum atomic E-state index is -2.66. The molecule has 2 atom stereocenters. The first-order chi connectivity index (χ1) is 15.3. The van der Waals surface area contributed by atoms with Crippen LogP contribution in [0.25, 0.3) is 0 Å². The molecule has 0 bridgehead atoms. The second-order valence-corrected chi connectivity index (χ2v) is 10.8. The lowest BCUT2D eigenvalue weighted by Crippen LogP contribution is -2.37. The fourth-order valence-corrected chi connectivity index (χ4v) is 3.92. The Morgan fingerprint density at radius 2 is 1.34 bits per heavy atom. The average Bonchev–Trinajstić information content (AvgIpc) is 2.73. The van der Waals surface area contributed by atoms with Gasteiger partial charge in [0.15, 0.2) is 0 Å². The Hall–Kier alpha value is -0.460. The highest BCUT2D eigenvalue weighted by Gasteiger charge is 2.16. The Morgan fingerprint density at radius 3 is 1.81 bits per heavy atom. The fourth-order valence-electron chi connectivity index (χ4n) is 3.26. The van der Waals surface area contributed by atoms with Crippen molar-refractivity contribution < 1.29 is 32.7 Å². The van der Waals surface area contributed by atoms with E-state index in [1.807, 2.05) is 21.1 Å². The van der Waals surface area contributed by atoms with E-state index in [0.717, 1.165) is 19.3 Å². The van der Waals surface area contributed by atoms with Crippen LogP contribution in [0.2, 0.25) is 0 Å². The van der Waals surface area contributed by atoms with Gasteiger partial charge in [-0.15, -0.1) is 0 Å². The van der Waals surface area contributed by atoms with E-state index in [0.29, 0.717) is 24.1 Å². The van der Waals surface area contributed by atoms with E-state index in [1.165, 1.54) is 64.2 Å². The highest BCUT2D eigenvalue weighted by Crippen LogP contribution is 2.24. The summed E-state index contributed by atoms with van der Waals surface area (Å²) in [5, 5.41) is 9.36. The summed E-state index contributed by atoms with van der Waals surface area (Å²) in [6.07, 6.45) is 15.8. The molecule has 0 aliphatic carbocycles. The number of nitrogens with zero attached hydrogens (tertiary/aromatic N) is 1. The molecule has 0 aromatic heterocycles. The van der Waals surface area contributed by atoms with Crippen LogP contribution in [0.5, 0.6) is 0 Å². The first kappa shape index (κ1) is 31.5. The standard InChI is InChI=1S/C24H51NO6P/c1-5-6-7-8-9-10-11-12-13-14-15-16-17-18-24(27)31-23(21-26)22-30-32(28)29-20-19-25(2,3)4/h23,26,32H,5-22H2,1-4H3/q+1. The van der Waals surface area contributed by atoms with Gasteiger partial charge in [0.2, 0.25) is 0 Å². The van der Waals surface area contributed by atoms with Gasteiger partial charge < -0.3 is 23.4 Å². The third-order valence-electron chi connectivity index (χ3n) is 5.36. The number of likely N-dealkylation sites (N-methyl/N-ethyl adjacent to an activating group) is 1. The number of quaternary nitrogens is 1. The Kier molecular flexibility index (Phi) is 20.8. The molecule has 7 nitrogen and oxygen atoms in total. The van der Waals surface area contributed by atoms with Crippen molar-refractivity contribution in [3.63, 3.8) is 0 Å². The van der Waals surface area contributed by atoms with Crippen LogP contribution in [0.3, 0.4) is 0 Å². The molecule has 0 heterocycles. The van der Waals surface area contributed by atoms with Crippen LogP contribution in [0.4, 0.5) is 0 Å². The number of hydrogen-bond donors (Lipinski definition) is 1. The summed E-state index contributed by atoms with van der Waals surface area (Å²) in [7, 11) is 3.39. The molecular formula is C24H51NO6P+. The fraction of sp³-hybridized carbons (Fsp3) is 0.958. The number of hydrogen-bond acceptors (Lipinski definition) is 6. The van der Waals surface area contributed by atoms with Crippen molar-refractivity contribution in [2.45, 2.75) is 103 Å². The molecule has 0 fully saturated rings. The molecule has 1 N–H and O–H groups in total. The molecular weight excluding hydrogens is 429 g/mol. The lowest BCUT2D eigenvalue weighted by atomic mass is 10.0. The number of aliphatic hydroxyl groups excluding tert-OH is 1. The number of carbonyl (C=O) groups excluding carboxylic acids is 1. The smallest absolute Gasteiger partial charge is 0.319 e. The van der Waals surface area contributed by atoms with Crippen molar-refractivity contribution in [1.29, 1.82) is 0 Å². The van der Waals surface area contributed by atoms with Gasteiger partial charge in [0, 0.05) is 6.42 Å². The van der Waals surface area contributed by atoms with Crippen LogP contribution in [0, 0.1) is 0 Å². The van der Waals surface area contributed by atoms with Crippen molar-refractivity contribution >= 4 is 14.2 Å². The van der Waals surface area contributed by atoms with Gasteiger partial charge in [-0.25, -0.2) is 0 Å². The van der Waals surface area contributed by atoms with Crippen molar-refractivity contribution in [3.8, 4) is 0 Å². The largest absolute Gasteiger partial charge is 0.457 e. The van der Waals surface area contributed by atoms with E-state index < -0.39 is 14.4 Å². The van der Waals surface area contributed by atoms with Crippen LogP contribution < -0.4 is 0 Å². The summed E-state index contributed by atoms with van der Waals surface area (Å²) in [5.74, 6) is -0.346. The van der Waals surface area contributed by atoms with Crippen LogP contribution in [-0.2, 0) is 23.1 Å². The molecule has 0 saturated heterocycles. The lowest BCUT2D eigenvalue weighted by Gasteiger charge is -2.23. The maximum Gasteiger partial charge on any atom is 0.319 e. The van der Waals surface area contributed by atoms with E-state index >= 15 is 0 Å². The summed E-state index contributed by atoms with van der Waals surface area (Å²) in [6.45, 7) is 2.80. The van der Waals surface area contributed by atoms with E-state index in [4.69, 9.17) is 13.8 Å². The van der Waals surface area contributed by atoms with Gasteiger partial charge in [0.25, 0.3) is 0 Å². The molecule has 8 heteroatoms. The molecule has 0 rings (SSSR count). The molecule has 0 spiro atoms. The molecule has 0 aromatic rings. The number of unbranched alkanes of at least 4 members (excludes halogenated alkanes) is 12. The molecule has 0 aliphatic rings. The molecule has 0 aliphatic heterocycles. The monoisotopic (exact) mass is 480 g/mol. The third kappa shape index (κ3) is 22.7. The summed E-state index contributed by atoms with van der Waals surface area (Å²) in [6, 6.07) is 0. The Morgan fingerprint density at radius 1 is 0.844 bits per heavy atom. The zero-order valence-corrected chi connectivity index (χ0v) is 22.2. The molecule has 0 radical (unpaired) electrons. The predicted molar refractivity (Wildman–Crippen MR) is 131 cm³/mol. The van der Waals surface area contributed by atoms with Crippen LogP contribution in [0.1, 0.15) is 96.8 Å². The summed E-state index contributed by atoms with van der Waals surface area (Å²) < 4.78 is 27.9. The summed E-state index contributed by atoms with van der Waals surface area (Å²) in [5.41, 5.74) is 0. The molecule has 2 unspecified atom stereocenters. The SMILES string of the molecule is CCCCCCCCCCCCCCCC(=O)OC(CO)CO[PH](=O)OCC[N+](C)(C)C. The second-order valence-electron chi connectivity index (χ2n) is 9.71. The van der Waals surface area contributed by atoms with Crippen molar-refractivity contribution in [3.05, 3.63) is 0 Å². The zero-order chi connectivity index (χ0) is 24.1. The lowest BCUT2D eigenvalue weighted by molar-refractivity contribution is -0.870. The maximum absolute atomic E-state index is 11.9. The van der Waals surface area contributed by atoms with E-state index in [9.17, 15) is 14.5 Å². The zero-order valence-electron chi connectivity index (χ0n) is 21.2. The number of aliphatic hydroxyl groups is 1. The van der Waals surface area contributed by atoms with E-state index in [2.05, 4.69) is 6.92 Å². The molecule has 0 saturated carbocycles.